The maximum absolute atomic E-state index is 12.3. The van der Waals surface area contributed by atoms with Crippen LogP contribution in [-0.2, 0) is 4.79 Å². The van der Waals surface area contributed by atoms with E-state index in [1.807, 2.05) is 6.92 Å². The van der Waals surface area contributed by atoms with E-state index in [0.29, 0.717) is 17.1 Å². The average Bonchev–Trinajstić information content (AvgIpc) is 2.73. The molecule has 1 aromatic rings. The summed E-state index contributed by atoms with van der Waals surface area (Å²) >= 11 is 6.04. The van der Waals surface area contributed by atoms with Crippen LogP contribution in [0.5, 0.6) is 0 Å². The molecule has 1 unspecified atom stereocenters. The number of nitrogens with two attached hydrogens (primary N) is 1. The molecule has 1 heterocycles. The van der Waals surface area contributed by atoms with E-state index in [1.165, 1.54) is 4.90 Å². The number of halogens is 1. The number of aryl methyl sites for hydroxylation is 1. The van der Waals surface area contributed by atoms with Crippen LogP contribution in [0.15, 0.2) is 18.2 Å². The fraction of sp³-hybridized carbons (Fsp3) is 0.385. The standard InChI is InChI=1S/C13H15ClN2O3/c1-8-2-3-9(10(14)6-8)11(17)16-5-4-13(15,7-16)12(18)19/h2-3,6H,4-5,7,15H2,1H3,(H,18,19). The first-order valence-electron chi connectivity index (χ1n) is 5.91. The third-order valence-electron chi connectivity index (χ3n) is 3.37. The summed E-state index contributed by atoms with van der Waals surface area (Å²) in [6.45, 7) is 2.21. The number of likely N-dealkylation sites (tertiary alicyclic amines) is 1. The average molecular weight is 283 g/mol. The maximum Gasteiger partial charge on any atom is 0.325 e. The predicted molar refractivity (Wildman–Crippen MR) is 71.3 cm³/mol. The fourth-order valence-corrected chi connectivity index (χ4v) is 2.46. The first kappa shape index (κ1) is 13.8. The molecule has 5 nitrogen and oxygen atoms in total. The van der Waals surface area contributed by atoms with Gasteiger partial charge in [0.05, 0.1) is 10.6 Å². The number of benzene rings is 1. The second-order valence-corrected chi connectivity index (χ2v) is 5.33. The van der Waals surface area contributed by atoms with Crippen molar-refractivity contribution in [1.82, 2.24) is 4.90 Å². The largest absolute Gasteiger partial charge is 0.480 e. The zero-order valence-corrected chi connectivity index (χ0v) is 11.3. The van der Waals surface area contributed by atoms with Crippen molar-refractivity contribution in [3.63, 3.8) is 0 Å². The molecule has 0 saturated carbocycles. The lowest BCUT2D eigenvalue weighted by Gasteiger charge is -2.20. The maximum atomic E-state index is 12.3. The lowest BCUT2D eigenvalue weighted by Crippen LogP contribution is -2.50. The van der Waals surface area contributed by atoms with Crippen molar-refractivity contribution in [1.29, 1.82) is 0 Å². The van der Waals surface area contributed by atoms with Crippen molar-refractivity contribution in [3.05, 3.63) is 34.3 Å². The summed E-state index contributed by atoms with van der Waals surface area (Å²) < 4.78 is 0. The number of hydrogen-bond donors (Lipinski definition) is 2. The van der Waals surface area contributed by atoms with Crippen LogP contribution in [0.4, 0.5) is 0 Å². The number of carboxylic acid groups (broad SMARTS) is 1. The van der Waals surface area contributed by atoms with Crippen LogP contribution in [0.3, 0.4) is 0 Å². The van der Waals surface area contributed by atoms with Gasteiger partial charge in [0.25, 0.3) is 5.91 Å². The van der Waals surface area contributed by atoms with Crippen molar-refractivity contribution < 1.29 is 14.7 Å². The van der Waals surface area contributed by atoms with Gasteiger partial charge in [-0.25, -0.2) is 0 Å². The third-order valence-corrected chi connectivity index (χ3v) is 3.68. The zero-order chi connectivity index (χ0) is 14.2. The lowest BCUT2D eigenvalue weighted by atomic mass is 10.0. The van der Waals surface area contributed by atoms with E-state index in [2.05, 4.69) is 0 Å². The Balaban J connectivity index is 2.20. The van der Waals surface area contributed by atoms with Gasteiger partial charge in [0.1, 0.15) is 5.54 Å². The molecule has 19 heavy (non-hydrogen) atoms. The van der Waals surface area contributed by atoms with Crippen LogP contribution in [-0.4, -0.2) is 40.5 Å². The number of carbonyl (C=O) groups is 2. The topological polar surface area (TPSA) is 83.6 Å². The molecule has 3 N–H and O–H groups in total. The summed E-state index contributed by atoms with van der Waals surface area (Å²) in [6.07, 6.45) is 0.248. The molecule has 1 saturated heterocycles. The predicted octanol–water partition coefficient (Wildman–Crippen LogP) is 1.28. The molecule has 1 aliphatic heterocycles. The van der Waals surface area contributed by atoms with Crippen molar-refractivity contribution in [2.24, 2.45) is 5.73 Å². The van der Waals surface area contributed by atoms with Gasteiger partial charge in [-0.15, -0.1) is 0 Å². The molecular formula is C13H15ClN2O3. The highest BCUT2D eigenvalue weighted by atomic mass is 35.5. The molecule has 1 atom stereocenters. The highest BCUT2D eigenvalue weighted by Gasteiger charge is 2.43. The lowest BCUT2D eigenvalue weighted by molar-refractivity contribution is -0.142. The molecule has 0 radical (unpaired) electrons. The second kappa shape index (κ2) is 4.83. The minimum absolute atomic E-state index is 0.00533. The summed E-state index contributed by atoms with van der Waals surface area (Å²) in [4.78, 5) is 24.8. The number of carboxylic acids is 1. The number of hydrogen-bond acceptors (Lipinski definition) is 3. The summed E-state index contributed by atoms with van der Waals surface area (Å²) in [5, 5.41) is 9.41. The van der Waals surface area contributed by atoms with Crippen LogP contribution in [0.1, 0.15) is 22.3 Å². The Hall–Kier alpha value is -1.59. The number of aliphatic carboxylic acids is 1. The number of carbonyl (C=O) groups excluding carboxylic acids is 1. The van der Waals surface area contributed by atoms with Crippen molar-refractivity contribution in [2.75, 3.05) is 13.1 Å². The van der Waals surface area contributed by atoms with E-state index < -0.39 is 11.5 Å². The first-order chi connectivity index (χ1) is 8.83. The van der Waals surface area contributed by atoms with E-state index in [9.17, 15) is 9.59 Å². The summed E-state index contributed by atoms with van der Waals surface area (Å²) in [7, 11) is 0. The fourth-order valence-electron chi connectivity index (χ4n) is 2.15. The van der Waals surface area contributed by atoms with Gasteiger partial charge in [0.15, 0.2) is 0 Å². The van der Waals surface area contributed by atoms with Crippen LogP contribution in [0.2, 0.25) is 5.02 Å². The Kier molecular flexibility index (Phi) is 3.52. The SMILES string of the molecule is Cc1ccc(C(=O)N2CCC(N)(C(=O)O)C2)c(Cl)c1. The van der Waals surface area contributed by atoms with E-state index in [-0.39, 0.29) is 18.9 Å². The van der Waals surface area contributed by atoms with E-state index in [0.717, 1.165) is 5.56 Å². The Bertz CT molecular complexity index is 547. The van der Waals surface area contributed by atoms with Crippen molar-refractivity contribution in [2.45, 2.75) is 18.9 Å². The van der Waals surface area contributed by atoms with Crippen molar-refractivity contribution >= 4 is 23.5 Å². The number of amides is 1. The van der Waals surface area contributed by atoms with Gasteiger partial charge in [-0.05, 0) is 31.0 Å². The molecule has 102 valence electrons. The summed E-state index contributed by atoms with van der Waals surface area (Å²) in [5.41, 5.74) is 5.73. The molecule has 0 aliphatic carbocycles. The van der Waals surface area contributed by atoms with Gasteiger partial charge in [-0.1, -0.05) is 17.7 Å². The van der Waals surface area contributed by atoms with Gasteiger partial charge in [-0.2, -0.15) is 0 Å². The Morgan fingerprint density at radius 1 is 1.47 bits per heavy atom. The molecule has 1 aromatic carbocycles. The monoisotopic (exact) mass is 282 g/mol. The quantitative estimate of drug-likeness (QED) is 0.856. The number of rotatable bonds is 2. The zero-order valence-electron chi connectivity index (χ0n) is 10.5. The van der Waals surface area contributed by atoms with Crippen LogP contribution in [0, 0.1) is 6.92 Å². The summed E-state index contributed by atoms with van der Waals surface area (Å²) in [5.74, 6) is -1.36. The minimum atomic E-state index is -1.35. The highest BCUT2D eigenvalue weighted by molar-refractivity contribution is 6.33. The molecule has 6 heteroatoms. The Morgan fingerprint density at radius 2 is 2.16 bits per heavy atom. The van der Waals surface area contributed by atoms with Crippen molar-refractivity contribution in [3.8, 4) is 0 Å². The van der Waals surface area contributed by atoms with E-state index in [4.69, 9.17) is 22.4 Å². The smallest absolute Gasteiger partial charge is 0.325 e. The van der Waals surface area contributed by atoms with Crippen LogP contribution < -0.4 is 5.73 Å². The van der Waals surface area contributed by atoms with Gasteiger partial charge in [0, 0.05) is 13.1 Å². The second-order valence-electron chi connectivity index (χ2n) is 4.92. The van der Waals surface area contributed by atoms with Crippen LogP contribution in [0.25, 0.3) is 0 Å². The molecular weight excluding hydrogens is 268 g/mol. The van der Waals surface area contributed by atoms with E-state index in [1.54, 1.807) is 18.2 Å². The third kappa shape index (κ3) is 2.57. The summed E-state index contributed by atoms with van der Waals surface area (Å²) in [6, 6.07) is 5.15. The van der Waals surface area contributed by atoms with Crippen LogP contribution >= 0.6 is 11.6 Å². The normalized spacial score (nSPS) is 22.6. The van der Waals surface area contributed by atoms with Gasteiger partial charge >= 0.3 is 5.97 Å². The Morgan fingerprint density at radius 3 is 2.68 bits per heavy atom. The molecule has 0 aromatic heterocycles. The number of nitrogens with zero attached hydrogens (tertiary/aromatic N) is 1. The molecule has 1 aliphatic rings. The molecule has 1 amide bonds. The minimum Gasteiger partial charge on any atom is -0.480 e. The molecule has 0 spiro atoms. The molecule has 0 bridgehead atoms. The Labute approximate surface area is 116 Å². The molecule has 2 rings (SSSR count). The first-order valence-corrected chi connectivity index (χ1v) is 6.29. The van der Waals surface area contributed by atoms with Gasteiger partial charge in [0.2, 0.25) is 0 Å². The van der Waals surface area contributed by atoms with Gasteiger partial charge in [-0.3, -0.25) is 9.59 Å². The van der Waals surface area contributed by atoms with E-state index >= 15 is 0 Å². The molecule has 1 fully saturated rings. The highest BCUT2D eigenvalue weighted by Crippen LogP contribution is 2.24. The van der Waals surface area contributed by atoms with Gasteiger partial charge < -0.3 is 15.7 Å².